The molecular formula is C18H18N4O4S. The van der Waals surface area contributed by atoms with Crippen LogP contribution in [-0.2, 0) is 21.2 Å². The minimum absolute atomic E-state index is 0.0242. The van der Waals surface area contributed by atoms with Gasteiger partial charge in [-0.2, -0.15) is 5.10 Å². The molecule has 0 amide bonds. The lowest BCUT2D eigenvalue weighted by atomic mass is 10.0. The van der Waals surface area contributed by atoms with Gasteiger partial charge in [0.1, 0.15) is 12.2 Å². The maximum absolute atomic E-state index is 12.9. The van der Waals surface area contributed by atoms with Gasteiger partial charge in [0.15, 0.2) is 0 Å². The molecule has 0 spiro atoms. The van der Waals surface area contributed by atoms with Gasteiger partial charge >= 0.3 is 5.97 Å². The van der Waals surface area contributed by atoms with E-state index in [1.54, 1.807) is 0 Å². The number of methoxy groups -OCH3 is 1. The van der Waals surface area contributed by atoms with E-state index in [0.29, 0.717) is 12.2 Å². The Hall–Kier alpha value is -3.04. The van der Waals surface area contributed by atoms with Gasteiger partial charge < -0.3 is 4.74 Å². The number of esters is 1. The Bertz CT molecular complexity index is 1000. The Balaban J connectivity index is 1.91. The average Bonchev–Trinajstić information content (AvgIpc) is 3.20. The topological polar surface area (TPSA) is 114 Å². The van der Waals surface area contributed by atoms with Crippen LogP contribution in [0.5, 0.6) is 0 Å². The second kappa shape index (κ2) is 8.11. The third-order valence-corrected chi connectivity index (χ3v) is 5.40. The zero-order chi connectivity index (χ0) is 19.3. The fraction of sp³-hybridized carbons (Fsp3) is 0.167. The van der Waals surface area contributed by atoms with Crippen molar-refractivity contribution in [1.82, 2.24) is 19.9 Å². The molecule has 0 aliphatic carbocycles. The Morgan fingerprint density at radius 2 is 1.96 bits per heavy atom. The molecule has 0 fully saturated rings. The largest absolute Gasteiger partial charge is 0.465 e. The molecule has 1 atom stereocenters. The van der Waals surface area contributed by atoms with Gasteiger partial charge in [0, 0.05) is 6.42 Å². The molecule has 27 heavy (non-hydrogen) atoms. The summed E-state index contributed by atoms with van der Waals surface area (Å²) in [5.41, 5.74) is 0.938. The lowest BCUT2D eigenvalue weighted by Gasteiger charge is -2.18. The van der Waals surface area contributed by atoms with Crippen LogP contribution in [0, 0.1) is 0 Å². The third-order valence-electron chi connectivity index (χ3n) is 3.93. The molecule has 0 saturated carbocycles. The summed E-state index contributed by atoms with van der Waals surface area (Å²) < 4.78 is 33.1. The Labute approximate surface area is 156 Å². The Morgan fingerprint density at radius 3 is 2.63 bits per heavy atom. The molecule has 0 saturated heterocycles. The monoisotopic (exact) mass is 386 g/mol. The summed E-state index contributed by atoms with van der Waals surface area (Å²) in [6, 6.07) is 14.3. The van der Waals surface area contributed by atoms with Gasteiger partial charge in [0.25, 0.3) is 0 Å². The molecule has 1 unspecified atom stereocenters. The molecule has 0 radical (unpaired) electrons. The number of aromatic nitrogens is 3. The van der Waals surface area contributed by atoms with E-state index in [9.17, 15) is 13.2 Å². The van der Waals surface area contributed by atoms with Crippen molar-refractivity contribution in [2.75, 3.05) is 7.11 Å². The Morgan fingerprint density at radius 1 is 1.19 bits per heavy atom. The molecule has 1 aromatic heterocycles. The van der Waals surface area contributed by atoms with Gasteiger partial charge in [-0.15, -0.1) is 0 Å². The number of sulfonamides is 1. The average molecular weight is 386 g/mol. The highest BCUT2D eigenvalue weighted by Gasteiger charge is 2.23. The van der Waals surface area contributed by atoms with Crippen LogP contribution >= 0.6 is 0 Å². The van der Waals surface area contributed by atoms with Crippen LogP contribution in [0.25, 0.3) is 0 Å². The van der Waals surface area contributed by atoms with Crippen molar-refractivity contribution in [3.05, 3.63) is 77.9 Å². The number of nitrogens with one attached hydrogen (secondary N) is 2. The molecule has 0 bridgehead atoms. The van der Waals surface area contributed by atoms with Crippen molar-refractivity contribution < 1.29 is 17.9 Å². The Kier molecular flexibility index (Phi) is 5.63. The third kappa shape index (κ3) is 4.57. The van der Waals surface area contributed by atoms with E-state index in [-0.39, 0.29) is 10.5 Å². The number of carbonyl (C=O) groups excluding carboxylic acids is 1. The van der Waals surface area contributed by atoms with Crippen LogP contribution in [0.3, 0.4) is 0 Å². The molecule has 8 nitrogen and oxygen atoms in total. The van der Waals surface area contributed by atoms with Crippen LogP contribution in [0.2, 0.25) is 0 Å². The number of aromatic amines is 1. The standard InChI is InChI=1S/C18H18N4O4S/c1-26-18(23)14-8-5-9-15(10-14)27(24,25)22-16(11-17-19-12-20-21-17)13-6-3-2-4-7-13/h2-10,12,16,22H,11H2,1H3,(H,19,20,21). The maximum Gasteiger partial charge on any atom is 0.337 e. The van der Waals surface area contributed by atoms with Crippen molar-refractivity contribution in [2.24, 2.45) is 0 Å². The number of H-pyrrole nitrogens is 1. The lowest BCUT2D eigenvalue weighted by Crippen LogP contribution is -2.30. The SMILES string of the molecule is COC(=O)c1cccc(S(=O)(=O)NC(Cc2ncn[nH]2)c2ccccc2)c1. The van der Waals surface area contributed by atoms with Crippen molar-refractivity contribution in [1.29, 1.82) is 0 Å². The van der Waals surface area contributed by atoms with Crippen LogP contribution in [0.1, 0.15) is 27.8 Å². The number of carbonyl (C=O) groups is 1. The van der Waals surface area contributed by atoms with E-state index in [0.717, 1.165) is 5.56 Å². The maximum atomic E-state index is 12.9. The van der Waals surface area contributed by atoms with E-state index in [1.807, 2.05) is 30.3 Å². The van der Waals surface area contributed by atoms with E-state index in [2.05, 4.69) is 24.6 Å². The van der Waals surface area contributed by atoms with Crippen molar-refractivity contribution in [3.8, 4) is 0 Å². The number of rotatable bonds is 7. The zero-order valence-electron chi connectivity index (χ0n) is 14.5. The molecule has 0 aliphatic heterocycles. The van der Waals surface area contributed by atoms with Crippen molar-refractivity contribution in [3.63, 3.8) is 0 Å². The van der Waals surface area contributed by atoms with Crippen LogP contribution in [0.4, 0.5) is 0 Å². The first kappa shape index (κ1) is 18.7. The summed E-state index contributed by atoms with van der Waals surface area (Å²) in [7, 11) is -2.65. The highest BCUT2D eigenvalue weighted by Crippen LogP contribution is 2.21. The van der Waals surface area contributed by atoms with E-state index in [1.165, 1.54) is 37.7 Å². The lowest BCUT2D eigenvalue weighted by molar-refractivity contribution is 0.0600. The summed E-state index contributed by atoms with van der Waals surface area (Å²) in [6.45, 7) is 0. The molecule has 0 aliphatic rings. The van der Waals surface area contributed by atoms with Crippen molar-refractivity contribution in [2.45, 2.75) is 17.4 Å². The van der Waals surface area contributed by atoms with Crippen molar-refractivity contribution >= 4 is 16.0 Å². The van der Waals surface area contributed by atoms with Gasteiger partial charge in [0.2, 0.25) is 10.0 Å². The number of nitrogens with zero attached hydrogens (tertiary/aromatic N) is 2. The number of benzene rings is 2. The summed E-state index contributed by atoms with van der Waals surface area (Å²) >= 11 is 0. The smallest absolute Gasteiger partial charge is 0.337 e. The second-order valence-corrected chi connectivity index (χ2v) is 7.45. The summed E-state index contributed by atoms with van der Waals surface area (Å²) in [6.07, 6.45) is 1.66. The molecule has 2 aromatic carbocycles. The van der Waals surface area contributed by atoms with E-state index < -0.39 is 22.0 Å². The predicted octanol–water partition coefficient (Wildman–Crippen LogP) is 1.85. The number of hydrogen-bond donors (Lipinski definition) is 2. The first-order valence-electron chi connectivity index (χ1n) is 8.09. The van der Waals surface area contributed by atoms with Crippen LogP contribution < -0.4 is 4.72 Å². The highest BCUT2D eigenvalue weighted by molar-refractivity contribution is 7.89. The van der Waals surface area contributed by atoms with Gasteiger partial charge in [-0.05, 0) is 23.8 Å². The van der Waals surface area contributed by atoms with Gasteiger partial charge in [0.05, 0.1) is 23.6 Å². The molecule has 9 heteroatoms. The quantitative estimate of drug-likeness (QED) is 0.599. The number of ether oxygens (including phenoxy) is 1. The van der Waals surface area contributed by atoms with E-state index in [4.69, 9.17) is 0 Å². The first-order valence-corrected chi connectivity index (χ1v) is 9.58. The van der Waals surface area contributed by atoms with Crippen LogP contribution in [-0.4, -0.2) is 36.7 Å². The van der Waals surface area contributed by atoms with E-state index >= 15 is 0 Å². The highest BCUT2D eigenvalue weighted by atomic mass is 32.2. The summed E-state index contributed by atoms with van der Waals surface area (Å²) in [5, 5.41) is 6.54. The van der Waals surface area contributed by atoms with Crippen LogP contribution in [0.15, 0.2) is 65.8 Å². The fourth-order valence-electron chi connectivity index (χ4n) is 2.60. The molecule has 3 aromatic rings. The first-order chi connectivity index (χ1) is 13.0. The molecule has 2 N–H and O–H groups in total. The second-order valence-electron chi connectivity index (χ2n) is 5.74. The summed E-state index contributed by atoms with van der Waals surface area (Å²) in [5.74, 6) is -0.0526. The predicted molar refractivity (Wildman–Crippen MR) is 97.4 cm³/mol. The number of hydrogen-bond acceptors (Lipinski definition) is 6. The fourth-order valence-corrected chi connectivity index (χ4v) is 3.87. The van der Waals surface area contributed by atoms with Gasteiger partial charge in [-0.1, -0.05) is 36.4 Å². The molecular weight excluding hydrogens is 368 g/mol. The summed E-state index contributed by atoms with van der Waals surface area (Å²) in [4.78, 5) is 15.7. The molecule has 3 rings (SSSR count). The normalized spacial score (nSPS) is 12.5. The van der Waals surface area contributed by atoms with Gasteiger partial charge in [-0.3, -0.25) is 5.10 Å². The molecule has 1 heterocycles. The van der Waals surface area contributed by atoms with Gasteiger partial charge in [-0.25, -0.2) is 22.9 Å². The minimum atomic E-state index is -3.89. The zero-order valence-corrected chi connectivity index (χ0v) is 15.3. The molecule has 140 valence electrons. The minimum Gasteiger partial charge on any atom is -0.465 e.